The van der Waals surface area contributed by atoms with Crippen molar-refractivity contribution in [3.8, 4) is 6.07 Å². The molecule has 3 aromatic carbocycles. The normalized spacial score (nSPS) is 17.1. The van der Waals surface area contributed by atoms with E-state index in [0.717, 1.165) is 10.8 Å². The van der Waals surface area contributed by atoms with Gasteiger partial charge >= 0.3 is 0 Å². The number of fused-ring (bicyclic) bond motifs is 1. The molecule has 0 saturated carbocycles. The summed E-state index contributed by atoms with van der Waals surface area (Å²) in [5.41, 5.74) is 1.02. The van der Waals surface area contributed by atoms with Gasteiger partial charge in [0.15, 0.2) is 0 Å². The monoisotopic (exact) mass is 405 g/mol. The van der Waals surface area contributed by atoms with E-state index in [-0.39, 0.29) is 10.8 Å². The van der Waals surface area contributed by atoms with Crippen LogP contribution in [0.2, 0.25) is 0 Å². The van der Waals surface area contributed by atoms with Crippen LogP contribution in [0.4, 0.5) is 5.69 Å². The second-order valence-electron chi connectivity index (χ2n) is 6.96. The lowest BCUT2D eigenvalue weighted by molar-refractivity contribution is -0.119. The van der Waals surface area contributed by atoms with Gasteiger partial charge in [0.05, 0.1) is 16.5 Å². The van der Waals surface area contributed by atoms with Gasteiger partial charge in [-0.05, 0) is 60.0 Å². The third-order valence-electron chi connectivity index (χ3n) is 5.12. The van der Waals surface area contributed by atoms with Gasteiger partial charge in [0.25, 0.3) is 0 Å². The van der Waals surface area contributed by atoms with Crippen LogP contribution in [-0.4, -0.2) is 31.2 Å². The summed E-state index contributed by atoms with van der Waals surface area (Å²) in [5, 5.41) is 13.4. The molecule has 1 aliphatic rings. The molecular formula is C22H19N3O3S. The number of rotatable bonds is 4. The fourth-order valence-corrected chi connectivity index (χ4v) is 5.30. The first-order chi connectivity index (χ1) is 14.0. The summed E-state index contributed by atoms with van der Waals surface area (Å²) in [6.07, 6.45) is 1.09. The molecule has 0 unspecified atom stereocenters. The van der Waals surface area contributed by atoms with Crippen LogP contribution in [0.3, 0.4) is 0 Å². The number of hydrogen-bond acceptors (Lipinski definition) is 4. The molecule has 1 aliphatic heterocycles. The first-order valence-electron chi connectivity index (χ1n) is 9.31. The number of anilines is 1. The second kappa shape index (κ2) is 7.66. The van der Waals surface area contributed by atoms with Gasteiger partial charge in [-0.1, -0.05) is 30.3 Å². The van der Waals surface area contributed by atoms with Crippen molar-refractivity contribution >= 4 is 32.4 Å². The van der Waals surface area contributed by atoms with E-state index in [2.05, 4.69) is 5.32 Å². The van der Waals surface area contributed by atoms with Crippen molar-refractivity contribution in [2.24, 2.45) is 0 Å². The zero-order valence-corrected chi connectivity index (χ0v) is 16.4. The quantitative estimate of drug-likeness (QED) is 0.719. The number of benzene rings is 3. The Morgan fingerprint density at radius 3 is 2.48 bits per heavy atom. The summed E-state index contributed by atoms with van der Waals surface area (Å²) in [6, 6.07) is 20.3. The Labute approximate surface area is 169 Å². The van der Waals surface area contributed by atoms with Gasteiger partial charge in [0.2, 0.25) is 15.9 Å². The van der Waals surface area contributed by atoms with E-state index < -0.39 is 16.1 Å². The first kappa shape index (κ1) is 19.1. The van der Waals surface area contributed by atoms with Crippen molar-refractivity contribution in [2.45, 2.75) is 23.8 Å². The maximum atomic E-state index is 13.2. The molecule has 1 saturated heterocycles. The Morgan fingerprint density at radius 1 is 1.03 bits per heavy atom. The summed E-state index contributed by atoms with van der Waals surface area (Å²) in [5.74, 6) is -0.364. The van der Waals surface area contributed by atoms with Crippen molar-refractivity contribution in [3.05, 3.63) is 72.3 Å². The Kier molecular flexibility index (Phi) is 5.05. The minimum atomic E-state index is -3.80. The van der Waals surface area contributed by atoms with Gasteiger partial charge in [0.1, 0.15) is 6.04 Å². The molecule has 0 spiro atoms. The first-order valence-corrected chi connectivity index (χ1v) is 10.7. The highest BCUT2D eigenvalue weighted by Gasteiger charge is 2.39. The average molecular weight is 405 g/mol. The molecule has 1 amide bonds. The molecule has 0 aromatic heterocycles. The fraction of sp³-hybridized carbons (Fsp3) is 0.182. The van der Waals surface area contributed by atoms with Crippen LogP contribution >= 0.6 is 0 Å². The lowest BCUT2D eigenvalue weighted by Crippen LogP contribution is -2.43. The average Bonchev–Trinajstić information content (AvgIpc) is 3.25. The number of nitrogens with one attached hydrogen (secondary N) is 1. The number of carbonyl (C=O) groups excluding carboxylic acids is 1. The minimum absolute atomic E-state index is 0.189. The van der Waals surface area contributed by atoms with Crippen molar-refractivity contribution in [3.63, 3.8) is 0 Å². The molecule has 3 aromatic rings. The molecule has 0 bridgehead atoms. The van der Waals surface area contributed by atoms with E-state index in [1.807, 2.05) is 30.3 Å². The highest BCUT2D eigenvalue weighted by Crippen LogP contribution is 2.29. The van der Waals surface area contributed by atoms with Crippen molar-refractivity contribution in [2.75, 3.05) is 11.9 Å². The van der Waals surface area contributed by atoms with E-state index >= 15 is 0 Å². The summed E-state index contributed by atoms with van der Waals surface area (Å²) in [6.45, 7) is 0.306. The highest BCUT2D eigenvalue weighted by atomic mass is 32.2. The lowest BCUT2D eigenvalue weighted by atomic mass is 10.1. The smallest absolute Gasteiger partial charge is 0.243 e. The van der Waals surface area contributed by atoms with Crippen molar-refractivity contribution < 1.29 is 13.2 Å². The SMILES string of the molecule is N#Cc1ccc(NC(=O)[C@@H]2CCCN2S(=O)(=O)c2ccc3ccccc3c2)cc1. The van der Waals surface area contributed by atoms with E-state index in [1.165, 1.54) is 4.31 Å². The number of sulfonamides is 1. The van der Waals surface area contributed by atoms with E-state index in [4.69, 9.17) is 5.26 Å². The molecule has 6 nitrogen and oxygen atoms in total. The number of nitrogens with zero attached hydrogens (tertiary/aromatic N) is 2. The van der Waals surface area contributed by atoms with Crippen molar-refractivity contribution in [1.29, 1.82) is 5.26 Å². The van der Waals surface area contributed by atoms with Gasteiger partial charge in [-0.2, -0.15) is 9.57 Å². The standard InChI is InChI=1S/C22H19N3O3S/c23-15-16-7-10-19(11-8-16)24-22(26)21-6-3-13-25(21)29(27,28)20-12-9-17-4-1-2-5-18(17)14-20/h1-2,4-5,7-12,14,21H,3,6,13H2,(H,24,26)/t21-/m0/s1. The highest BCUT2D eigenvalue weighted by molar-refractivity contribution is 7.89. The van der Waals surface area contributed by atoms with Crippen molar-refractivity contribution in [1.82, 2.24) is 4.31 Å². The molecule has 4 rings (SSSR count). The maximum absolute atomic E-state index is 13.2. The van der Waals surface area contributed by atoms with Crippen LogP contribution in [0.1, 0.15) is 18.4 Å². The summed E-state index contributed by atoms with van der Waals surface area (Å²) in [4.78, 5) is 13.0. The van der Waals surface area contributed by atoms with Crippen LogP contribution in [0, 0.1) is 11.3 Å². The molecule has 7 heteroatoms. The van der Waals surface area contributed by atoms with Gasteiger partial charge < -0.3 is 5.32 Å². The van der Waals surface area contributed by atoms with Crippen LogP contribution in [0.15, 0.2) is 71.6 Å². The van der Waals surface area contributed by atoms with E-state index in [1.54, 1.807) is 42.5 Å². The number of amides is 1. The number of hydrogen-bond donors (Lipinski definition) is 1. The Hall–Kier alpha value is -3.21. The minimum Gasteiger partial charge on any atom is -0.325 e. The molecular weight excluding hydrogens is 386 g/mol. The number of nitriles is 1. The third kappa shape index (κ3) is 3.73. The molecule has 0 radical (unpaired) electrons. The largest absolute Gasteiger partial charge is 0.325 e. The van der Waals surface area contributed by atoms with Gasteiger partial charge in [0, 0.05) is 12.2 Å². The predicted molar refractivity (Wildman–Crippen MR) is 111 cm³/mol. The van der Waals surface area contributed by atoms with Crippen LogP contribution < -0.4 is 5.32 Å². The van der Waals surface area contributed by atoms with Crippen LogP contribution in [0.25, 0.3) is 10.8 Å². The summed E-state index contributed by atoms with van der Waals surface area (Å²) >= 11 is 0. The van der Waals surface area contributed by atoms with E-state index in [9.17, 15) is 13.2 Å². The second-order valence-corrected chi connectivity index (χ2v) is 8.85. The summed E-state index contributed by atoms with van der Waals surface area (Å²) < 4.78 is 27.8. The van der Waals surface area contributed by atoms with Gasteiger partial charge in [-0.25, -0.2) is 8.42 Å². The molecule has 29 heavy (non-hydrogen) atoms. The Morgan fingerprint density at radius 2 is 1.76 bits per heavy atom. The zero-order chi connectivity index (χ0) is 20.4. The summed E-state index contributed by atoms with van der Waals surface area (Å²) in [7, 11) is -3.80. The van der Waals surface area contributed by atoms with Gasteiger partial charge in [-0.15, -0.1) is 0 Å². The lowest BCUT2D eigenvalue weighted by Gasteiger charge is -2.23. The Bertz CT molecular complexity index is 1210. The van der Waals surface area contributed by atoms with E-state index in [0.29, 0.717) is 30.6 Å². The molecule has 1 heterocycles. The predicted octanol–water partition coefficient (Wildman–Crippen LogP) is 3.50. The molecule has 1 fully saturated rings. The van der Waals surface area contributed by atoms with Crippen LogP contribution in [-0.2, 0) is 14.8 Å². The molecule has 1 N–H and O–H groups in total. The molecule has 0 aliphatic carbocycles. The van der Waals surface area contributed by atoms with Crippen LogP contribution in [0.5, 0.6) is 0 Å². The zero-order valence-electron chi connectivity index (χ0n) is 15.6. The molecule has 146 valence electrons. The maximum Gasteiger partial charge on any atom is 0.243 e. The number of carbonyl (C=O) groups is 1. The van der Waals surface area contributed by atoms with Gasteiger partial charge in [-0.3, -0.25) is 4.79 Å². The molecule has 1 atom stereocenters. The third-order valence-corrected chi connectivity index (χ3v) is 7.02. The fourth-order valence-electron chi connectivity index (χ4n) is 3.61. The topological polar surface area (TPSA) is 90.3 Å². The Balaban J connectivity index is 1.58.